The van der Waals surface area contributed by atoms with Crippen LogP contribution in [0.2, 0.25) is 0 Å². The first-order valence-corrected chi connectivity index (χ1v) is 11.1. The van der Waals surface area contributed by atoms with Gasteiger partial charge < -0.3 is 14.5 Å². The van der Waals surface area contributed by atoms with Crippen LogP contribution >= 0.6 is 31.9 Å². The molecule has 0 N–H and O–H groups in total. The van der Waals surface area contributed by atoms with Gasteiger partial charge in [0.1, 0.15) is 24.0 Å². The standard InChI is InChI=1S/C23H21Br2N3O2/c1-2-12-30-22-20(24)14-17(15-21(22)25)13-18(16-26)23(29)28-10-8-27(9-11-28)19-6-4-3-5-7-19/h2-7,13-15H,1,8-12H2/b18-13+. The smallest absolute Gasteiger partial charge is 0.264 e. The molecule has 0 atom stereocenters. The normalized spacial score (nSPS) is 14.2. The lowest BCUT2D eigenvalue weighted by Gasteiger charge is -2.36. The number of piperazine rings is 1. The van der Waals surface area contributed by atoms with E-state index in [1.807, 2.05) is 30.3 Å². The molecule has 1 aliphatic heterocycles. The van der Waals surface area contributed by atoms with Gasteiger partial charge in [0, 0.05) is 31.9 Å². The molecule has 1 aliphatic rings. The molecule has 2 aromatic carbocycles. The number of anilines is 1. The molecule has 1 saturated heterocycles. The molecule has 5 nitrogen and oxygen atoms in total. The minimum atomic E-state index is -0.246. The van der Waals surface area contributed by atoms with E-state index in [-0.39, 0.29) is 11.5 Å². The van der Waals surface area contributed by atoms with Crippen molar-refractivity contribution in [3.8, 4) is 11.8 Å². The van der Waals surface area contributed by atoms with E-state index >= 15 is 0 Å². The molecule has 0 aromatic heterocycles. The molecular weight excluding hydrogens is 510 g/mol. The molecule has 0 aliphatic carbocycles. The van der Waals surface area contributed by atoms with Gasteiger partial charge in [-0.05, 0) is 67.8 Å². The van der Waals surface area contributed by atoms with Crippen LogP contribution in [0.1, 0.15) is 5.56 Å². The number of ether oxygens (including phenoxy) is 1. The molecule has 0 radical (unpaired) electrons. The van der Waals surface area contributed by atoms with Gasteiger partial charge >= 0.3 is 0 Å². The summed E-state index contributed by atoms with van der Waals surface area (Å²) in [7, 11) is 0. The molecule has 7 heteroatoms. The van der Waals surface area contributed by atoms with Crippen molar-refractivity contribution in [2.45, 2.75) is 0 Å². The van der Waals surface area contributed by atoms with Gasteiger partial charge in [0.05, 0.1) is 8.95 Å². The highest BCUT2D eigenvalue weighted by atomic mass is 79.9. The highest BCUT2D eigenvalue weighted by molar-refractivity contribution is 9.11. The molecule has 1 fully saturated rings. The first kappa shape index (κ1) is 22.1. The summed E-state index contributed by atoms with van der Waals surface area (Å²) >= 11 is 6.96. The number of para-hydroxylation sites is 1. The first-order valence-electron chi connectivity index (χ1n) is 9.47. The number of hydrogen-bond acceptors (Lipinski definition) is 4. The lowest BCUT2D eigenvalue weighted by molar-refractivity contribution is -0.126. The molecule has 0 saturated carbocycles. The lowest BCUT2D eigenvalue weighted by Crippen LogP contribution is -2.49. The quantitative estimate of drug-likeness (QED) is 0.298. The van der Waals surface area contributed by atoms with Crippen LogP contribution < -0.4 is 9.64 Å². The Bertz CT molecular complexity index is 968. The van der Waals surface area contributed by atoms with Crippen LogP contribution in [0, 0.1) is 11.3 Å². The Kier molecular flexibility index (Phi) is 7.72. The number of hydrogen-bond donors (Lipinski definition) is 0. The van der Waals surface area contributed by atoms with E-state index in [4.69, 9.17) is 4.74 Å². The highest BCUT2D eigenvalue weighted by Gasteiger charge is 2.24. The maximum atomic E-state index is 12.9. The topological polar surface area (TPSA) is 56.6 Å². The second-order valence-corrected chi connectivity index (χ2v) is 8.41. The number of carbonyl (C=O) groups is 1. The van der Waals surface area contributed by atoms with Gasteiger partial charge in [-0.2, -0.15) is 5.26 Å². The van der Waals surface area contributed by atoms with E-state index in [0.29, 0.717) is 25.4 Å². The Labute approximate surface area is 193 Å². The molecule has 3 rings (SSSR count). The average Bonchev–Trinajstić information content (AvgIpc) is 2.77. The Balaban J connectivity index is 1.71. The molecular formula is C23H21Br2N3O2. The summed E-state index contributed by atoms with van der Waals surface area (Å²) < 4.78 is 7.07. The third-order valence-electron chi connectivity index (χ3n) is 4.72. The molecule has 2 aromatic rings. The highest BCUT2D eigenvalue weighted by Crippen LogP contribution is 2.35. The van der Waals surface area contributed by atoms with E-state index in [2.05, 4.69) is 61.5 Å². The van der Waals surface area contributed by atoms with Crippen molar-refractivity contribution in [3.05, 3.63) is 75.2 Å². The van der Waals surface area contributed by atoms with Crippen molar-refractivity contribution in [2.24, 2.45) is 0 Å². The number of amides is 1. The molecule has 0 bridgehead atoms. The molecule has 0 unspecified atom stereocenters. The van der Waals surface area contributed by atoms with Gasteiger partial charge in [-0.25, -0.2) is 0 Å². The van der Waals surface area contributed by atoms with Crippen LogP contribution in [-0.2, 0) is 4.79 Å². The summed E-state index contributed by atoms with van der Waals surface area (Å²) in [5, 5.41) is 9.59. The Morgan fingerprint density at radius 3 is 2.33 bits per heavy atom. The number of nitriles is 1. The maximum Gasteiger partial charge on any atom is 0.264 e. The van der Waals surface area contributed by atoms with Gasteiger partial charge in [0.2, 0.25) is 0 Å². The van der Waals surface area contributed by atoms with Crippen molar-refractivity contribution in [1.82, 2.24) is 4.90 Å². The van der Waals surface area contributed by atoms with Crippen LogP contribution in [0.3, 0.4) is 0 Å². The van der Waals surface area contributed by atoms with E-state index in [0.717, 1.165) is 33.3 Å². The second-order valence-electron chi connectivity index (χ2n) is 6.70. The zero-order valence-electron chi connectivity index (χ0n) is 16.4. The fourth-order valence-electron chi connectivity index (χ4n) is 3.23. The van der Waals surface area contributed by atoms with Crippen LogP contribution in [0.5, 0.6) is 5.75 Å². The maximum absolute atomic E-state index is 12.9. The summed E-state index contributed by atoms with van der Waals surface area (Å²) in [6, 6.07) is 15.8. The fraction of sp³-hybridized carbons (Fsp3) is 0.217. The zero-order valence-corrected chi connectivity index (χ0v) is 19.5. The van der Waals surface area contributed by atoms with Gasteiger partial charge in [0.25, 0.3) is 5.91 Å². The number of nitrogens with zero attached hydrogens (tertiary/aromatic N) is 3. The van der Waals surface area contributed by atoms with E-state index < -0.39 is 0 Å². The largest absolute Gasteiger partial charge is 0.487 e. The third-order valence-corrected chi connectivity index (χ3v) is 5.89. The van der Waals surface area contributed by atoms with Crippen molar-refractivity contribution < 1.29 is 9.53 Å². The third kappa shape index (κ3) is 5.32. The van der Waals surface area contributed by atoms with Gasteiger partial charge in [-0.1, -0.05) is 30.9 Å². The summed E-state index contributed by atoms with van der Waals surface area (Å²) in [5.41, 5.74) is 1.99. The molecule has 30 heavy (non-hydrogen) atoms. The van der Waals surface area contributed by atoms with E-state index in [1.165, 1.54) is 0 Å². The van der Waals surface area contributed by atoms with Crippen LogP contribution in [0.15, 0.2) is 69.6 Å². The molecule has 154 valence electrons. The van der Waals surface area contributed by atoms with Crippen molar-refractivity contribution >= 4 is 49.5 Å². The molecule has 1 amide bonds. The molecule has 0 spiro atoms. The molecule has 1 heterocycles. The SMILES string of the molecule is C=CCOc1c(Br)cc(/C=C(\C#N)C(=O)N2CCN(c3ccccc3)CC2)cc1Br. The number of carbonyl (C=O) groups excluding carboxylic acids is 1. The number of halogens is 2. The number of benzene rings is 2. The summed E-state index contributed by atoms with van der Waals surface area (Å²) in [6.45, 7) is 6.65. The van der Waals surface area contributed by atoms with Crippen molar-refractivity contribution in [3.63, 3.8) is 0 Å². The fourth-order valence-corrected chi connectivity index (χ4v) is 4.68. The van der Waals surface area contributed by atoms with E-state index in [9.17, 15) is 10.1 Å². The first-order chi connectivity index (χ1) is 14.5. The summed E-state index contributed by atoms with van der Waals surface area (Å²) in [4.78, 5) is 16.9. The van der Waals surface area contributed by atoms with Crippen LogP contribution in [0.25, 0.3) is 6.08 Å². The Morgan fingerprint density at radius 1 is 1.13 bits per heavy atom. The Hall–Kier alpha value is -2.56. The van der Waals surface area contributed by atoms with Crippen molar-refractivity contribution in [2.75, 3.05) is 37.7 Å². The minimum absolute atomic E-state index is 0.113. The predicted octanol–water partition coefficient (Wildman–Crippen LogP) is 5.03. The Morgan fingerprint density at radius 2 is 1.77 bits per heavy atom. The van der Waals surface area contributed by atoms with Gasteiger partial charge in [-0.15, -0.1) is 0 Å². The minimum Gasteiger partial charge on any atom is -0.487 e. The van der Waals surface area contributed by atoms with E-state index in [1.54, 1.807) is 17.1 Å². The van der Waals surface area contributed by atoms with Gasteiger partial charge in [-0.3, -0.25) is 4.79 Å². The van der Waals surface area contributed by atoms with Crippen LogP contribution in [-0.4, -0.2) is 43.6 Å². The summed E-state index contributed by atoms with van der Waals surface area (Å²) in [6.07, 6.45) is 3.27. The zero-order chi connectivity index (χ0) is 21.5. The van der Waals surface area contributed by atoms with Crippen LogP contribution in [0.4, 0.5) is 5.69 Å². The lowest BCUT2D eigenvalue weighted by atomic mass is 10.1. The van der Waals surface area contributed by atoms with Crippen molar-refractivity contribution in [1.29, 1.82) is 5.26 Å². The average molecular weight is 531 g/mol. The number of rotatable bonds is 6. The monoisotopic (exact) mass is 529 g/mol. The predicted molar refractivity (Wildman–Crippen MR) is 126 cm³/mol. The second kappa shape index (κ2) is 10.5. The summed E-state index contributed by atoms with van der Waals surface area (Å²) in [5.74, 6) is 0.401. The van der Waals surface area contributed by atoms with Gasteiger partial charge in [0.15, 0.2) is 0 Å².